The highest BCUT2D eigenvalue weighted by atomic mass is 35.5. The molecule has 1 fully saturated rings. The molecule has 30 heavy (non-hydrogen) atoms. The third-order valence-electron chi connectivity index (χ3n) is 5.28. The Labute approximate surface area is 179 Å². The highest BCUT2D eigenvalue weighted by Gasteiger charge is 2.31. The second kappa shape index (κ2) is 9.43. The van der Waals surface area contributed by atoms with Crippen molar-refractivity contribution in [3.8, 4) is 0 Å². The molecular formula is C22H24ClF2N3O2. The van der Waals surface area contributed by atoms with E-state index < -0.39 is 17.5 Å². The molecule has 1 aliphatic heterocycles. The van der Waals surface area contributed by atoms with Gasteiger partial charge in [0.2, 0.25) is 5.91 Å². The number of hydrogen-bond acceptors (Lipinski definition) is 3. The summed E-state index contributed by atoms with van der Waals surface area (Å²) in [7, 11) is 0. The maximum atomic E-state index is 13.7. The fraction of sp³-hybridized carbons (Fsp3) is 0.364. The van der Waals surface area contributed by atoms with Gasteiger partial charge in [0.1, 0.15) is 11.6 Å². The van der Waals surface area contributed by atoms with Gasteiger partial charge in [-0.3, -0.25) is 9.59 Å². The summed E-state index contributed by atoms with van der Waals surface area (Å²) in [6.07, 6.45) is 2.95. The third-order valence-corrected chi connectivity index (χ3v) is 5.52. The summed E-state index contributed by atoms with van der Waals surface area (Å²) in [5.41, 5.74) is 0.722. The van der Waals surface area contributed by atoms with Crippen LogP contribution in [-0.2, 0) is 4.79 Å². The van der Waals surface area contributed by atoms with Crippen molar-refractivity contribution in [3.05, 3.63) is 58.6 Å². The number of likely N-dealkylation sites (tertiary alicyclic amines) is 1. The average molecular weight is 436 g/mol. The lowest BCUT2D eigenvalue weighted by molar-refractivity contribution is -0.114. The van der Waals surface area contributed by atoms with Crippen LogP contribution in [0, 0.1) is 11.6 Å². The number of rotatable bonds is 5. The summed E-state index contributed by atoms with van der Waals surface area (Å²) < 4.78 is 26.7. The lowest BCUT2D eigenvalue weighted by Crippen LogP contribution is -2.47. The van der Waals surface area contributed by atoms with Crippen LogP contribution in [-0.4, -0.2) is 35.3 Å². The van der Waals surface area contributed by atoms with Gasteiger partial charge in [-0.2, -0.15) is 0 Å². The van der Waals surface area contributed by atoms with Gasteiger partial charge in [0, 0.05) is 28.9 Å². The van der Waals surface area contributed by atoms with Crippen LogP contribution in [0.1, 0.15) is 43.5 Å². The fourth-order valence-corrected chi connectivity index (χ4v) is 3.94. The molecule has 2 N–H and O–H groups in total. The zero-order valence-electron chi connectivity index (χ0n) is 16.8. The van der Waals surface area contributed by atoms with Gasteiger partial charge in [-0.1, -0.05) is 11.6 Å². The van der Waals surface area contributed by atoms with Gasteiger partial charge < -0.3 is 15.5 Å². The molecule has 2 amide bonds. The summed E-state index contributed by atoms with van der Waals surface area (Å²) >= 11 is 6.12. The number of nitrogens with one attached hydrogen (secondary N) is 2. The Bertz CT molecular complexity index is 944. The molecule has 1 aliphatic rings. The van der Waals surface area contributed by atoms with E-state index >= 15 is 0 Å². The van der Waals surface area contributed by atoms with Gasteiger partial charge in [0.15, 0.2) is 0 Å². The minimum atomic E-state index is -0.862. The predicted molar refractivity (Wildman–Crippen MR) is 114 cm³/mol. The molecule has 3 rings (SSSR count). The first-order valence-corrected chi connectivity index (χ1v) is 10.2. The van der Waals surface area contributed by atoms with Crippen molar-refractivity contribution in [1.29, 1.82) is 0 Å². The Morgan fingerprint density at radius 1 is 1.07 bits per heavy atom. The van der Waals surface area contributed by atoms with Crippen molar-refractivity contribution in [3.63, 3.8) is 0 Å². The monoisotopic (exact) mass is 435 g/mol. The second-order valence-electron chi connectivity index (χ2n) is 7.56. The average Bonchev–Trinajstić information content (AvgIpc) is 2.69. The van der Waals surface area contributed by atoms with Crippen LogP contribution in [0.3, 0.4) is 0 Å². The van der Waals surface area contributed by atoms with Crippen molar-refractivity contribution in [2.45, 2.75) is 45.2 Å². The van der Waals surface area contributed by atoms with Crippen molar-refractivity contribution in [2.24, 2.45) is 0 Å². The predicted octanol–water partition coefficient (Wildman–Crippen LogP) is 5.07. The smallest absolute Gasteiger partial charge is 0.256 e. The van der Waals surface area contributed by atoms with Crippen LogP contribution in [0.4, 0.5) is 20.2 Å². The molecule has 160 valence electrons. The van der Waals surface area contributed by atoms with Gasteiger partial charge in [-0.05, 0) is 63.4 Å². The molecule has 2 aromatic carbocycles. The summed E-state index contributed by atoms with van der Waals surface area (Å²) in [6.45, 7) is 3.84. The summed E-state index contributed by atoms with van der Waals surface area (Å²) in [5, 5.41) is 5.72. The van der Waals surface area contributed by atoms with Crippen molar-refractivity contribution >= 4 is 34.8 Å². The topological polar surface area (TPSA) is 61.4 Å². The van der Waals surface area contributed by atoms with Gasteiger partial charge in [0.05, 0.1) is 17.8 Å². The SMILES string of the molecule is CC1CCCC(C)N1C(=O)c1cc(Cl)ccc1NCC(=O)Nc1ccc(F)cc1F. The first-order chi connectivity index (χ1) is 14.3. The second-order valence-corrected chi connectivity index (χ2v) is 7.99. The number of benzene rings is 2. The van der Waals surface area contributed by atoms with Crippen molar-refractivity contribution < 1.29 is 18.4 Å². The Balaban J connectivity index is 1.73. The first-order valence-electron chi connectivity index (χ1n) is 9.87. The van der Waals surface area contributed by atoms with Crippen LogP contribution >= 0.6 is 11.6 Å². The quantitative estimate of drug-likeness (QED) is 0.689. The molecular weight excluding hydrogens is 412 g/mol. The first kappa shape index (κ1) is 22.0. The van der Waals surface area contributed by atoms with Crippen LogP contribution in [0.2, 0.25) is 5.02 Å². The molecule has 8 heteroatoms. The van der Waals surface area contributed by atoms with Gasteiger partial charge in [-0.25, -0.2) is 8.78 Å². The largest absolute Gasteiger partial charge is 0.375 e. The zero-order chi connectivity index (χ0) is 21.8. The number of hydrogen-bond donors (Lipinski definition) is 2. The minimum Gasteiger partial charge on any atom is -0.375 e. The van der Waals surface area contributed by atoms with Crippen LogP contribution < -0.4 is 10.6 Å². The Hall–Kier alpha value is -2.67. The fourth-order valence-electron chi connectivity index (χ4n) is 3.77. The Morgan fingerprint density at radius 3 is 2.40 bits per heavy atom. The number of amides is 2. The van der Waals surface area contributed by atoms with Crippen molar-refractivity contribution in [2.75, 3.05) is 17.2 Å². The van der Waals surface area contributed by atoms with Crippen LogP contribution in [0.25, 0.3) is 0 Å². The highest BCUT2D eigenvalue weighted by molar-refractivity contribution is 6.31. The molecule has 2 atom stereocenters. The molecule has 0 aliphatic carbocycles. The van der Waals surface area contributed by atoms with E-state index in [-0.39, 0.29) is 30.2 Å². The zero-order valence-corrected chi connectivity index (χ0v) is 17.6. The Morgan fingerprint density at radius 2 is 1.73 bits per heavy atom. The van der Waals surface area contributed by atoms with Gasteiger partial charge >= 0.3 is 0 Å². The van der Waals surface area contributed by atoms with Crippen LogP contribution in [0.5, 0.6) is 0 Å². The van der Waals surface area contributed by atoms with Gasteiger partial charge in [0.25, 0.3) is 5.91 Å². The molecule has 1 saturated heterocycles. The molecule has 1 heterocycles. The van der Waals surface area contributed by atoms with E-state index in [1.807, 2.05) is 18.7 Å². The lowest BCUT2D eigenvalue weighted by Gasteiger charge is -2.39. The summed E-state index contributed by atoms with van der Waals surface area (Å²) in [6, 6.07) is 7.97. The van der Waals surface area contributed by atoms with Crippen molar-refractivity contribution in [1.82, 2.24) is 4.90 Å². The molecule has 0 radical (unpaired) electrons. The molecule has 0 bridgehead atoms. The summed E-state index contributed by atoms with van der Waals surface area (Å²) in [5.74, 6) is -2.27. The molecule has 0 spiro atoms. The molecule has 0 saturated carbocycles. The van der Waals surface area contributed by atoms with E-state index in [1.165, 1.54) is 0 Å². The number of halogens is 3. The number of anilines is 2. The van der Waals surface area contributed by atoms with Gasteiger partial charge in [-0.15, -0.1) is 0 Å². The molecule has 5 nitrogen and oxygen atoms in total. The van der Waals surface area contributed by atoms with E-state index in [4.69, 9.17) is 11.6 Å². The number of carbonyl (C=O) groups excluding carboxylic acids is 2. The van der Waals surface area contributed by atoms with E-state index in [1.54, 1.807) is 18.2 Å². The highest BCUT2D eigenvalue weighted by Crippen LogP contribution is 2.28. The van der Waals surface area contributed by atoms with Crippen LogP contribution in [0.15, 0.2) is 36.4 Å². The Kier molecular flexibility index (Phi) is 6.92. The minimum absolute atomic E-state index is 0.109. The normalized spacial score (nSPS) is 18.8. The maximum Gasteiger partial charge on any atom is 0.256 e. The number of nitrogens with zero attached hydrogens (tertiary/aromatic N) is 1. The number of piperidine rings is 1. The van der Waals surface area contributed by atoms with E-state index in [0.717, 1.165) is 31.4 Å². The molecule has 0 aromatic heterocycles. The van der Waals surface area contributed by atoms with E-state index in [0.29, 0.717) is 22.3 Å². The maximum absolute atomic E-state index is 13.7. The lowest BCUT2D eigenvalue weighted by atomic mass is 9.96. The third kappa shape index (κ3) is 5.08. The summed E-state index contributed by atoms with van der Waals surface area (Å²) in [4.78, 5) is 27.3. The number of carbonyl (C=O) groups is 2. The molecule has 2 unspecified atom stereocenters. The van der Waals surface area contributed by atoms with E-state index in [9.17, 15) is 18.4 Å². The standard InChI is InChI=1S/C22H24ClF2N3O2/c1-13-4-3-5-14(2)28(13)22(30)17-10-15(23)6-8-19(17)26-12-21(29)27-20-9-7-16(24)11-18(20)25/h6-11,13-14,26H,3-5,12H2,1-2H3,(H,27,29). The van der Waals surface area contributed by atoms with E-state index in [2.05, 4.69) is 10.6 Å². The molecule has 2 aromatic rings.